The van der Waals surface area contributed by atoms with Gasteiger partial charge in [0.2, 0.25) is 0 Å². The summed E-state index contributed by atoms with van der Waals surface area (Å²) >= 11 is 3.37. The Morgan fingerprint density at radius 1 is 1.23 bits per heavy atom. The van der Waals surface area contributed by atoms with Crippen LogP contribution in [-0.4, -0.2) is 25.8 Å². The molecule has 0 bridgehead atoms. The maximum Gasteiger partial charge on any atom is 0.277 e. The number of hydrogen-bond donors (Lipinski definition) is 1. The fourth-order valence-electron chi connectivity index (χ4n) is 1.62. The number of amides is 1. The van der Waals surface area contributed by atoms with E-state index in [9.17, 15) is 4.79 Å². The van der Waals surface area contributed by atoms with Gasteiger partial charge in [-0.05, 0) is 42.0 Å². The van der Waals surface area contributed by atoms with Crippen LogP contribution >= 0.6 is 15.9 Å². The molecule has 22 heavy (non-hydrogen) atoms. The summed E-state index contributed by atoms with van der Waals surface area (Å²) in [5.74, 6) is 0.990. The van der Waals surface area contributed by atoms with Crippen molar-refractivity contribution in [3.63, 3.8) is 0 Å². The number of ether oxygens (including phenoxy) is 2. The summed E-state index contributed by atoms with van der Waals surface area (Å²) < 4.78 is 11.3. The molecule has 1 amide bonds. The number of hydrogen-bond acceptors (Lipinski definition) is 4. The number of nitrogens with one attached hydrogen (secondary N) is 1. The van der Waals surface area contributed by atoms with E-state index < -0.39 is 0 Å². The Hall–Kier alpha value is -2.34. The molecule has 0 atom stereocenters. The minimum Gasteiger partial charge on any atom is -0.497 e. The van der Waals surface area contributed by atoms with E-state index in [0.717, 1.165) is 15.8 Å². The summed E-state index contributed by atoms with van der Waals surface area (Å²) in [6.45, 7) is -0.109. The molecule has 0 saturated heterocycles. The molecule has 5 nitrogen and oxygen atoms in total. The molecular weight excluding hydrogens is 348 g/mol. The number of benzene rings is 2. The van der Waals surface area contributed by atoms with Crippen molar-refractivity contribution < 1.29 is 14.3 Å². The third-order valence-electron chi connectivity index (χ3n) is 2.68. The van der Waals surface area contributed by atoms with Crippen molar-refractivity contribution in [2.45, 2.75) is 0 Å². The number of methoxy groups -OCH3 is 1. The fraction of sp³-hybridized carbons (Fsp3) is 0.125. The lowest BCUT2D eigenvalue weighted by Gasteiger charge is -2.05. The molecular formula is C16H15BrN2O3. The van der Waals surface area contributed by atoms with Crippen LogP contribution in [0.5, 0.6) is 11.5 Å². The van der Waals surface area contributed by atoms with E-state index in [2.05, 4.69) is 26.5 Å². The number of carbonyl (C=O) groups is 1. The van der Waals surface area contributed by atoms with Crippen molar-refractivity contribution in [1.82, 2.24) is 5.43 Å². The normalized spacial score (nSPS) is 10.5. The van der Waals surface area contributed by atoms with E-state index in [1.54, 1.807) is 37.6 Å². The highest BCUT2D eigenvalue weighted by molar-refractivity contribution is 9.10. The second-order valence-corrected chi connectivity index (χ2v) is 5.23. The van der Waals surface area contributed by atoms with E-state index in [0.29, 0.717) is 5.75 Å². The van der Waals surface area contributed by atoms with E-state index in [1.807, 2.05) is 24.3 Å². The molecule has 0 aliphatic heterocycles. The molecule has 0 heterocycles. The maximum atomic E-state index is 11.6. The van der Waals surface area contributed by atoms with Crippen molar-refractivity contribution in [2.75, 3.05) is 13.7 Å². The Balaban J connectivity index is 1.77. The molecule has 6 heteroatoms. The van der Waals surface area contributed by atoms with Gasteiger partial charge >= 0.3 is 0 Å². The van der Waals surface area contributed by atoms with Crippen LogP contribution in [-0.2, 0) is 4.79 Å². The highest BCUT2D eigenvalue weighted by Crippen LogP contribution is 2.16. The summed E-state index contributed by atoms with van der Waals surface area (Å²) in [4.78, 5) is 11.6. The first-order valence-electron chi connectivity index (χ1n) is 6.52. The maximum absolute atomic E-state index is 11.6. The van der Waals surface area contributed by atoms with E-state index in [4.69, 9.17) is 9.47 Å². The van der Waals surface area contributed by atoms with Crippen LogP contribution in [0.2, 0.25) is 0 Å². The number of nitrogens with zero attached hydrogens (tertiary/aromatic N) is 1. The lowest BCUT2D eigenvalue weighted by Crippen LogP contribution is -2.24. The summed E-state index contributed by atoms with van der Waals surface area (Å²) in [7, 11) is 1.59. The second-order valence-electron chi connectivity index (χ2n) is 4.31. The highest BCUT2D eigenvalue weighted by Gasteiger charge is 2.01. The van der Waals surface area contributed by atoms with Crippen LogP contribution < -0.4 is 14.9 Å². The Morgan fingerprint density at radius 2 is 1.95 bits per heavy atom. The molecule has 0 saturated carbocycles. The topological polar surface area (TPSA) is 59.9 Å². The zero-order valence-electron chi connectivity index (χ0n) is 12.0. The van der Waals surface area contributed by atoms with Crippen molar-refractivity contribution in [1.29, 1.82) is 0 Å². The van der Waals surface area contributed by atoms with Crippen LogP contribution in [0.15, 0.2) is 58.1 Å². The molecule has 0 radical (unpaired) electrons. The first-order valence-corrected chi connectivity index (χ1v) is 7.31. The van der Waals surface area contributed by atoms with Gasteiger partial charge in [0.1, 0.15) is 11.5 Å². The Bertz CT molecular complexity index is 657. The number of carbonyl (C=O) groups excluding carboxylic acids is 1. The molecule has 0 spiro atoms. The van der Waals surface area contributed by atoms with Crippen LogP contribution in [0.3, 0.4) is 0 Å². The highest BCUT2D eigenvalue weighted by atomic mass is 79.9. The van der Waals surface area contributed by atoms with Gasteiger partial charge in [-0.3, -0.25) is 4.79 Å². The first-order chi connectivity index (χ1) is 10.7. The number of rotatable bonds is 6. The lowest BCUT2D eigenvalue weighted by molar-refractivity contribution is -0.123. The molecule has 0 aliphatic rings. The van der Waals surface area contributed by atoms with E-state index >= 15 is 0 Å². The molecule has 2 rings (SSSR count). The molecule has 0 aromatic heterocycles. The Morgan fingerprint density at radius 3 is 2.64 bits per heavy atom. The van der Waals surface area contributed by atoms with Gasteiger partial charge in [-0.25, -0.2) is 5.43 Å². The molecule has 2 aromatic rings. The standard InChI is InChI=1S/C16H15BrN2O3/c1-21-14-5-7-15(8-6-14)22-11-16(20)19-18-10-12-3-2-4-13(17)9-12/h2-10H,11H2,1H3,(H,19,20)/b18-10-. The second kappa shape index (κ2) is 8.19. The summed E-state index contributed by atoms with van der Waals surface area (Å²) in [6.07, 6.45) is 1.57. The van der Waals surface area contributed by atoms with Gasteiger partial charge in [-0.15, -0.1) is 0 Å². The minimum absolute atomic E-state index is 0.109. The first kappa shape index (κ1) is 16.0. The molecule has 0 fully saturated rings. The number of halogens is 1. The zero-order valence-corrected chi connectivity index (χ0v) is 13.5. The van der Waals surface area contributed by atoms with Crippen LogP contribution in [0.1, 0.15) is 5.56 Å². The van der Waals surface area contributed by atoms with E-state index in [1.165, 1.54) is 0 Å². The predicted molar refractivity (Wildman–Crippen MR) is 88.4 cm³/mol. The summed E-state index contributed by atoms with van der Waals surface area (Å²) in [6, 6.07) is 14.6. The van der Waals surface area contributed by atoms with Crippen molar-refractivity contribution in [3.05, 3.63) is 58.6 Å². The Labute approximate surface area is 137 Å². The average molecular weight is 363 g/mol. The molecule has 0 unspecified atom stereocenters. The SMILES string of the molecule is COc1ccc(OCC(=O)N/N=C\c2cccc(Br)c2)cc1. The van der Waals surface area contributed by atoms with Gasteiger partial charge in [-0.1, -0.05) is 28.1 Å². The fourth-order valence-corrected chi connectivity index (χ4v) is 2.04. The molecule has 0 aliphatic carbocycles. The summed E-state index contributed by atoms with van der Waals surface area (Å²) in [5, 5.41) is 3.88. The van der Waals surface area contributed by atoms with Gasteiger partial charge in [-0.2, -0.15) is 5.10 Å². The van der Waals surface area contributed by atoms with Crippen molar-refractivity contribution in [3.8, 4) is 11.5 Å². The zero-order chi connectivity index (χ0) is 15.8. The van der Waals surface area contributed by atoms with Gasteiger partial charge in [0.25, 0.3) is 5.91 Å². The van der Waals surface area contributed by atoms with Crippen LogP contribution in [0.4, 0.5) is 0 Å². The third-order valence-corrected chi connectivity index (χ3v) is 3.17. The van der Waals surface area contributed by atoms with Gasteiger partial charge < -0.3 is 9.47 Å². The van der Waals surface area contributed by atoms with Crippen LogP contribution in [0, 0.1) is 0 Å². The van der Waals surface area contributed by atoms with Gasteiger partial charge in [0, 0.05) is 4.47 Å². The average Bonchev–Trinajstić information content (AvgIpc) is 2.53. The number of hydrazone groups is 1. The van der Waals surface area contributed by atoms with Crippen molar-refractivity contribution in [2.24, 2.45) is 5.10 Å². The minimum atomic E-state index is -0.331. The third kappa shape index (κ3) is 5.21. The summed E-state index contributed by atoms with van der Waals surface area (Å²) in [5.41, 5.74) is 3.29. The quantitative estimate of drug-likeness (QED) is 0.634. The smallest absolute Gasteiger partial charge is 0.277 e. The van der Waals surface area contributed by atoms with Gasteiger partial charge in [0.15, 0.2) is 6.61 Å². The predicted octanol–water partition coefficient (Wildman–Crippen LogP) is 2.99. The Kier molecular flexibility index (Phi) is 5.97. The van der Waals surface area contributed by atoms with E-state index in [-0.39, 0.29) is 12.5 Å². The lowest BCUT2D eigenvalue weighted by atomic mass is 10.2. The van der Waals surface area contributed by atoms with Crippen molar-refractivity contribution >= 4 is 28.1 Å². The largest absolute Gasteiger partial charge is 0.497 e. The molecule has 1 N–H and O–H groups in total. The van der Waals surface area contributed by atoms with Crippen LogP contribution in [0.25, 0.3) is 0 Å². The molecule has 2 aromatic carbocycles. The monoisotopic (exact) mass is 362 g/mol. The molecule has 114 valence electrons. The van der Waals surface area contributed by atoms with Gasteiger partial charge in [0.05, 0.1) is 13.3 Å².